The molecule has 1 aliphatic heterocycles. The summed E-state index contributed by atoms with van der Waals surface area (Å²) in [6.07, 6.45) is 3.39. The minimum absolute atomic E-state index is 0.204. The molecule has 5 rings (SSSR count). The Kier molecular flexibility index (Phi) is 10.2. The number of ether oxygens (including phenoxy) is 2. The molecule has 1 aliphatic rings. The van der Waals surface area contributed by atoms with E-state index in [1.165, 1.54) is 16.8 Å². The highest BCUT2D eigenvalue weighted by Gasteiger charge is 2.23. The van der Waals surface area contributed by atoms with E-state index >= 15 is 4.39 Å². The first-order chi connectivity index (χ1) is 21.6. The van der Waals surface area contributed by atoms with Gasteiger partial charge in [0.2, 0.25) is 21.9 Å². The zero-order valence-electron chi connectivity index (χ0n) is 26.0. The number of piperazine rings is 1. The van der Waals surface area contributed by atoms with Gasteiger partial charge in [0.1, 0.15) is 17.3 Å². The van der Waals surface area contributed by atoms with E-state index in [-0.39, 0.29) is 11.4 Å². The minimum Gasteiger partial charge on any atom is -0.497 e. The smallest absolute Gasteiger partial charge is 0.229 e. The van der Waals surface area contributed by atoms with Gasteiger partial charge in [-0.2, -0.15) is 18.7 Å². The Balaban J connectivity index is 1.38. The molecule has 0 atom stereocenters. The van der Waals surface area contributed by atoms with Crippen molar-refractivity contribution >= 4 is 16.0 Å². The summed E-state index contributed by atoms with van der Waals surface area (Å²) >= 11 is 0. The number of aromatic nitrogens is 4. The van der Waals surface area contributed by atoms with Gasteiger partial charge in [0.15, 0.2) is 5.82 Å². The van der Waals surface area contributed by atoms with Crippen molar-refractivity contribution in [2.45, 2.75) is 26.4 Å². The van der Waals surface area contributed by atoms with Gasteiger partial charge in [-0.3, -0.25) is 0 Å². The normalized spacial score (nSPS) is 14.3. The number of aryl methyl sites for hydroxylation is 1. The van der Waals surface area contributed by atoms with Crippen LogP contribution in [0.2, 0.25) is 0 Å². The molecule has 0 unspecified atom stereocenters. The lowest BCUT2D eigenvalue weighted by Crippen LogP contribution is -2.48. The Morgan fingerprint density at radius 1 is 0.844 bits per heavy atom. The Morgan fingerprint density at radius 2 is 1.42 bits per heavy atom. The quantitative estimate of drug-likeness (QED) is 0.214. The summed E-state index contributed by atoms with van der Waals surface area (Å²) in [5.41, 5.74) is 3.09. The van der Waals surface area contributed by atoms with Gasteiger partial charge in [-0.05, 0) is 60.4 Å². The Morgan fingerprint density at radius 3 is 1.96 bits per heavy atom. The summed E-state index contributed by atoms with van der Waals surface area (Å²) in [6, 6.07) is 17.3. The molecule has 2 aromatic heterocycles. The molecule has 0 aliphatic carbocycles. The van der Waals surface area contributed by atoms with E-state index in [0.717, 1.165) is 28.2 Å². The fourth-order valence-corrected chi connectivity index (χ4v) is 6.01. The maximum atomic E-state index is 15.2. The lowest BCUT2D eigenvalue weighted by molar-refractivity contribution is 0.191. The van der Waals surface area contributed by atoms with Crippen LogP contribution in [0.5, 0.6) is 11.5 Å². The number of sulfonamides is 1. The van der Waals surface area contributed by atoms with Crippen LogP contribution in [0, 0.1) is 12.9 Å². The van der Waals surface area contributed by atoms with E-state index in [9.17, 15) is 8.42 Å². The predicted octanol–water partition coefficient (Wildman–Crippen LogP) is 3.72. The minimum atomic E-state index is -3.19. The molecule has 2 aromatic carbocycles. The van der Waals surface area contributed by atoms with Crippen molar-refractivity contribution in [3.05, 3.63) is 89.3 Å². The van der Waals surface area contributed by atoms with Gasteiger partial charge < -0.3 is 19.3 Å². The first-order valence-electron chi connectivity index (χ1n) is 14.7. The number of pyridine rings is 1. The van der Waals surface area contributed by atoms with E-state index in [4.69, 9.17) is 14.5 Å². The molecule has 0 radical (unpaired) electrons. The molecule has 0 bridgehead atoms. The summed E-state index contributed by atoms with van der Waals surface area (Å²) in [5.74, 6) is 1.95. The van der Waals surface area contributed by atoms with Gasteiger partial charge in [-0.15, -0.1) is 0 Å². The lowest BCUT2D eigenvalue weighted by Gasteiger charge is -2.33. The average molecular weight is 636 g/mol. The third-order valence-electron chi connectivity index (χ3n) is 7.74. The van der Waals surface area contributed by atoms with Gasteiger partial charge in [-0.25, -0.2) is 18.4 Å². The molecule has 4 aromatic rings. The second-order valence-corrected chi connectivity index (χ2v) is 13.0. The third kappa shape index (κ3) is 8.50. The number of methoxy groups -OCH3 is 2. The number of halogens is 1. The molecule has 45 heavy (non-hydrogen) atoms. The fourth-order valence-electron chi connectivity index (χ4n) is 5.19. The van der Waals surface area contributed by atoms with Gasteiger partial charge in [-0.1, -0.05) is 24.3 Å². The number of benzene rings is 2. The van der Waals surface area contributed by atoms with Crippen LogP contribution >= 0.6 is 0 Å². The van der Waals surface area contributed by atoms with Gasteiger partial charge in [0, 0.05) is 52.0 Å². The molecule has 13 heteroatoms. The molecule has 238 valence electrons. The molecule has 1 fully saturated rings. The first-order valence-corrected chi connectivity index (χ1v) is 16.5. The van der Waals surface area contributed by atoms with Crippen molar-refractivity contribution in [3.63, 3.8) is 0 Å². The van der Waals surface area contributed by atoms with E-state index in [1.807, 2.05) is 53.4 Å². The molecule has 0 N–H and O–H groups in total. The van der Waals surface area contributed by atoms with E-state index in [2.05, 4.69) is 19.9 Å². The summed E-state index contributed by atoms with van der Waals surface area (Å²) in [5, 5.41) is 0. The molecule has 0 amide bonds. The second-order valence-electron chi connectivity index (χ2n) is 11.0. The Bertz CT molecular complexity index is 1650. The van der Waals surface area contributed by atoms with Crippen LogP contribution in [-0.4, -0.2) is 90.8 Å². The zero-order chi connectivity index (χ0) is 32.0. The fraction of sp³-hybridized carbons (Fsp3) is 0.375. The second kappa shape index (κ2) is 14.3. The number of anilines is 1. The van der Waals surface area contributed by atoms with Crippen molar-refractivity contribution in [2.75, 3.05) is 58.1 Å². The van der Waals surface area contributed by atoms with Crippen LogP contribution in [0.3, 0.4) is 0 Å². The molecule has 0 spiro atoms. The highest BCUT2D eigenvalue weighted by atomic mass is 32.2. The highest BCUT2D eigenvalue weighted by Crippen LogP contribution is 2.25. The van der Waals surface area contributed by atoms with Crippen molar-refractivity contribution in [2.24, 2.45) is 0 Å². The monoisotopic (exact) mass is 635 g/mol. The molecular formula is C32H38FN7O4S. The van der Waals surface area contributed by atoms with Crippen molar-refractivity contribution in [1.82, 2.24) is 29.1 Å². The van der Waals surface area contributed by atoms with Crippen molar-refractivity contribution in [1.29, 1.82) is 0 Å². The van der Waals surface area contributed by atoms with Gasteiger partial charge in [0.25, 0.3) is 0 Å². The Hall–Kier alpha value is -4.20. The third-order valence-corrected chi connectivity index (χ3v) is 9.04. The van der Waals surface area contributed by atoms with Gasteiger partial charge in [0.05, 0.1) is 26.0 Å². The maximum absolute atomic E-state index is 15.2. The Labute approximate surface area is 263 Å². The predicted molar refractivity (Wildman–Crippen MR) is 170 cm³/mol. The molecule has 11 nitrogen and oxygen atoms in total. The number of hydrogen-bond acceptors (Lipinski definition) is 10. The summed E-state index contributed by atoms with van der Waals surface area (Å²) in [7, 11) is 0.0703. The van der Waals surface area contributed by atoms with Crippen molar-refractivity contribution in [3.8, 4) is 22.9 Å². The topological polar surface area (TPSA) is 114 Å². The van der Waals surface area contributed by atoms with E-state index in [0.29, 0.717) is 64.0 Å². The molecular weight excluding hydrogens is 597 g/mol. The van der Waals surface area contributed by atoms with Crippen LogP contribution in [0.15, 0.2) is 60.8 Å². The van der Waals surface area contributed by atoms with Crippen LogP contribution < -0.4 is 14.4 Å². The molecule has 1 saturated heterocycles. The maximum Gasteiger partial charge on any atom is 0.229 e. The highest BCUT2D eigenvalue weighted by molar-refractivity contribution is 7.88. The number of rotatable bonds is 12. The van der Waals surface area contributed by atoms with Gasteiger partial charge >= 0.3 is 0 Å². The zero-order valence-corrected chi connectivity index (χ0v) is 26.8. The SMILES string of the molecule is COc1ccc(CN(Cc2ccc(OC)cc2)c2nc(C)nc(-c3cc(CCN4CCN(S(C)(=O)=O)CC4)cnc3F)n2)cc1. The molecule has 0 saturated carbocycles. The van der Waals surface area contributed by atoms with E-state index in [1.54, 1.807) is 27.2 Å². The van der Waals surface area contributed by atoms with Crippen LogP contribution in [0.4, 0.5) is 10.3 Å². The van der Waals surface area contributed by atoms with Crippen LogP contribution in [-0.2, 0) is 29.5 Å². The van der Waals surface area contributed by atoms with Crippen LogP contribution in [0.1, 0.15) is 22.5 Å². The average Bonchev–Trinajstić information content (AvgIpc) is 3.04. The van der Waals surface area contributed by atoms with Crippen LogP contribution in [0.25, 0.3) is 11.4 Å². The summed E-state index contributed by atoms with van der Waals surface area (Å²) in [4.78, 5) is 22.1. The number of hydrogen-bond donors (Lipinski definition) is 0. The molecule has 3 heterocycles. The first kappa shape index (κ1) is 32.2. The summed E-state index contributed by atoms with van der Waals surface area (Å²) < 4.78 is 51.0. The van der Waals surface area contributed by atoms with Crippen molar-refractivity contribution < 1.29 is 22.3 Å². The van der Waals surface area contributed by atoms with E-state index < -0.39 is 16.0 Å². The lowest BCUT2D eigenvalue weighted by atomic mass is 10.1. The largest absolute Gasteiger partial charge is 0.497 e. The number of nitrogens with zero attached hydrogens (tertiary/aromatic N) is 7. The standard InChI is InChI=1S/C32H38FN7O4S/c1-23-35-31(29-19-26(20-34-30(29)33)13-14-38-15-17-40(18-16-38)45(4,41)42)37-32(36-23)39(21-24-5-9-27(43-2)10-6-24)22-25-7-11-28(44-3)12-8-25/h5-12,19-20H,13-18,21-22H2,1-4H3. The summed E-state index contributed by atoms with van der Waals surface area (Å²) in [6.45, 7) is 5.65.